The van der Waals surface area contributed by atoms with E-state index in [0.29, 0.717) is 23.1 Å². The predicted octanol–water partition coefficient (Wildman–Crippen LogP) is 3.89. The van der Waals surface area contributed by atoms with Crippen LogP contribution in [0.5, 0.6) is 17.2 Å². The third-order valence-corrected chi connectivity index (χ3v) is 4.65. The van der Waals surface area contributed by atoms with Gasteiger partial charge < -0.3 is 19.2 Å². The van der Waals surface area contributed by atoms with Crippen molar-refractivity contribution in [1.82, 2.24) is 15.0 Å². The van der Waals surface area contributed by atoms with Crippen LogP contribution in [0.4, 0.5) is 5.82 Å². The number of hydrogen-bond acceptors (Lipinski definition) is 7. The number of H-pyrrole nitrogens is 1. The molecular formula is C21H21N5O3. The quantitative estimate of drug-likeness (QED) is 0.383. The number of nitrogens with one attached hydrogen (secondary N) is 2. The Bertz CT molecular complexity index is 1220. The van der Waals surface area contributed by atoms with Gasteiger partial charge in [-0.2, -0.15) is 5.10 Å². The molecule has 2 heterocycles. The summed E-state index contributed by atoms with van der Waals surface area (Å²) in [5.74, 6) is 2.21. The summed E-state index contributed by atoms with van der Waals surface area (Å²) in [6, 6.07) is 9.83. The summed E-state index contributed by atoms with van der Waals surface area (Å²) in [5.41, 5.74) is 7.53. The van der Waals surface area contributed by atoms with E-state index in [2.05, 4.69) is 44.5 Å². The maximum atomic E-state index is 5.48. The molecule has 0 bridgehead atoms. The van der Waals surface area contributed by atoms with Gasteiger partial charge >= 0.3 is 0 Å². The van der Waals surface area contributed by atoms with Crippen molar-refractivity contribution in [3.63, 3.8) is 0 Å². The molecule has 0 atom stereocenters. The molecule has 2 N–H and O–H groups in total. The molecule has 0 radical (unpaired) electrons. The van der Waals surface area contributed by atoms with E-state index in [1.54, 1.807) is 33.6 Å². The lowest BCUT2D eigenvalue weighted by atomic mass is 10.2. The minimum Gasteiger partial charge on any atom is -0.493 e. The van der Waals surface area contributed by atoms with Crippen LogP contribution in [-0.2, 0) is 0 Å². The largest absolute Gasteiger partial charge is 0.493 e. The van der Waals surface area contributed by atoms with E-state index in [1.165, 1.54) is 11.9 Å². The van der Waals surface area contributed by atoms with Gasteiger partial charge in [-0.3, -0.25) is 5.43 Å². The highest BCUT2D eigenvalue weighted by atomic mass is 16.5. The van der Waals surface area contributed by atoms with E-state index in [9.17, 15) is 0 Å². The summed E-state index contributed by atoms with van der Waals surface area (Å²) in [4.78, 5) is 12.1. The Hall–Kier alpha value is -3.81. The fourth-order valence-electron chi connectivity index (χ4n) is 3.28. The summed E-state index contributed by atoms with van der Waals surface area (Å²) >= 11 is 0. The van der Waals surface area contributed by atoms with Gasteiger partial charge in [-0.1, -0.05) is 11.6 Å². The maximum Gasteiger partial charge on any atom is 0.203 e. The highest BCUT2D eigenvalue weighted by molar-refractivity contribution is 6.08. The number of hydrogen-bond donors (Lipinski definition) is 2. The number of aryl methyl sites for hydroxylation is 1. The van der Waals surface area contributed by atoms with Crippen LogP contribution in [0.1, 0.15) is 11.1 Å². The Morgan fingerprint density at radius 3 is 2.59 bits per heavy atom. The average molecular weight is 391 g/mol. The summed E-state index contributed by atoms with van der Waals surface area (Å²) in [7, 11) is 4.71. The van der Waals surface area contributed by atoms with Crippen LogP contribution in [0.3, 0.4) is 0 Å². The van der Waals surface area contributed by atoms with Gasteiger partial charge in [0.05, 0.1) is 27.5 Å². The lowest BCUT2D eigenvalue weighted by Gasteiger charge is -2.13. The smallest absolute Gasteiger partial charge is 0.203 e. The Morgan fingerprint density at radius 1 is 1.00 bits per heavy atom. The Balaban J connectivity index is 1.68. The minimum atomic E-state index is 0.509. The van der Waals surface area contributed by atoms with Crippen LogP contribution in [0.25, 0.3) is 21.9 Å². The number of anilines is 1. The summed E-state index contributed by atoms with van der Waals surface area (Å²) < 4.78 is 16.2. The zero-order chi connectivity index (χ0) is 20.4. The molecule has 0 aliphatic heterocycles. The summed E-state index contributed by atoms with van der Waals surface area (Å²) in [6.07, 6.45) is 3.16. The molecule has 2 aromatic carbocycles. The van der Waals surface area contributed by atoms with Crippen molar-refractivity contribution < 1.29 is 14.2 Å². The van der Waals surface area contributed by atoms with E-state index in [0.717, 1.165) is 27.5 Å². The van der Waals surface area contributed by atoms with E-state index in [-0.39, 0.29) is 0 Å². The molecule has 8 heteroatoms. The Morgan fingerprint density at radius 2 is 1.83 bits per heavy atom. The first-order valence-corrected chi connectivity index (χ1v) is 8.97. The van der Waals surface area contributed by atoms with Gasteiger partial charge in [0.2, 0.25) is 5.75 Å². The van der Waals surface area contributed by atoms with Crippen molar-refractivity contribution >= 4 is 34.0 Å². The first kappa shape index (κ1) is 18.5. The molecule has 29 heavy (non-hydrogen) atoms. The van der Waals surface area contributed by atoms with Crippen molar-refractivity contribution in [1.29, 1.82) is 0 Å². The monoisotopic (exact) mass is 391 g/mol. The van der Waals surface area contributed by atoms with Crippen molar-refractivity contribution in [3.8, 4) is 17.2 Å². The molecule has 0 saturated carbocycles. The summed E-state index contributed by atoms with van der Waals surface area (Å²) in [6.45, 7) is 2.05. The maximum absolute atomic E-state index is 5.48. The SMILES string of the molecule is COc1ccc(/C=N/Nc2ncnc3c2[nH]c2ccc(C)cc23)c(OC)c1OC. The molecule has 0 spiro atoms. The minimum absolute atomic E-state index is 0.509. The number of aromatic amines is 1. The van der Waals surface area contributed by atoms with E-state index in [4.69, 9.17) is 14.2 Å². The first-order valence-electron chi connectivity index (χ1n) is 8.97. The zero-order valence-corrected chi connectivity index (χ0v) is 16.6. The van der Waals surface area contributed by atoms with Crippen LogP contribution in [0.2, 0.25) is 0 Å². The van der Waals surface area contributed by atoms with Gasteiger partial charge in [-0.15, -0.1) is 0 Å². The average Bonchev–Trinajstić information content (AvgIpc) is 3.11. The van der Waals surface area contributed by atoms with E-state index >= 15 is 0 Å². The topological polar surface area (TPSA) is 93.7 Å². The zero-order valence-electron chi connectivity index (χ0n) is 16.6. The molecule has 2 aromatic heterocycles. The number of ether oxygens (including phenoxy) is 3. The number of methoxy groups -OCH3 is 3. The third-order valence-electron chi connectivity index (χ3n) is 4.65. The van der Waals surface area contributed by atoms with Gasteiger partial charge in [0.1, 0.15) is 17.4 Å². The normalized spacial score (nSPS) is 11.3. The van der Waals surface area contributed by atoms with Gasteiger partial charge in [-0.25, -0.2) is 9.97 Å². The number of rotatable bonds is 6. The number of fused-ring (bicyclic) bond motifs is 3. The number of benzene rings is 2. The van der Waals surface area contributed by atoms with Crippen LogP contribution in [0.15, 0.2) is 41.8 Å². The molecule has 0 aliphatic rings. The second kappa shape index (κ2) is 7.67. The van der Waals surface area contributed by atoms with E-state index < -0.39 is 0 Å². The lowest BCUT2D eigenvalue weighted by Crippen LogP contribution is -2.00. The van der Waals surface area contributed by atoms with Crippen LogP contribution in [-0.4, -0.2) is 42.5 Å². The van der Waals surface area contributed by atoms with E-state index in [1.807, 2.05) is 12.1 Å². The highest BCUT2D eigenvalue weighted by Gasteiger charge is 2.15. The molecule has 0 amide bonds. The van der Waals surface area contributed by atoms with Crippen molar-refractivity contribution in [3.05, 3.63) is 47.8 Å². The Labute approximate surface area is 167 Å². The van der Waals surface area contributed by atoms with Crippen molar-refractivity contribution in [2.24, 2.45) is 5.10 Å². The van der Waals surface area contributed by atoms with Crippen LogP contribution < -0.4 is 19.6 Å². The van der Waals surface area contributed by atoms with Gasteiger partial charge in [0, 0.05) is 16.5 Å². The molecule has 4 aromatic rings. The fraction of sp³-hybridized carbons (Fsp3) is 0.190. The number of nitrogens with zero attached hydrogens (tertiary/aromatic N) is 3. The number of hydrazone groups is 1. The molecule has 0 unspecified atom stereocenters. The van der Waals surface area contributed by atoms with Gasteiger partial charge in [-0.05, 0) is 31.2 Å². The van der Waals surface area contributed by atoms with Crippen molar-refractivity contribution in [2.75, 3.05) is 26.8 Å². The predicted molar refractivity (Wildman–Crippen MR) is 113 cm³/mol. The second-order valence-electron chi connectivity index (χ2n) is 6.41. The lowest BCUT2D eigenvalue weighted by molar-refractivity contribution is 0.324. The second-order valence-corrected chi connectivity index (χ2v) is 6.41. The molecule has 0 saturated heterocycles. The molecule has 4 rings (SSSR count). The molecule has 0 fully saturated rings. The van der Waals surface area contributed by atoms with Crippen LogP contribution in [0, 0.1) is 6.92 Å². The van der Waals surface area contributed by atoms with Gasteiger partial charge in [0.25, 0.3) is 0 Å². The molecule has 0 aliphatic carbocycles. The fourth-order valence-corrected chi connectivity index (χ4v) is 3.28. The molecular weight excluding hydrogens is 370 g/mol. The molecule has 148 valence electrons. The molecule has 8 nitrogen and oxygen atoms in total. The first-order chi connectivity index (χ1) is 14.2. The summed E-state index contributed by atoms with van der Waals surface area (Å²) in [5, 5.41) is 5.38. The van der Waals surface area contributed by atoms with Crippen LogP contribution >= 0.6 is 0 Å². The van der Waals surface area contributed by atoms with Crippen molar-refractivity contribution in [2.45, 2.75) is 6.92 Å². The third kappa shape index (κ3) is 3.29. The number of aromatic nitrogens is 3. The standard InChI is InChI=1S/C21H21N5O3/c1-12-5-7-15-14(9-12)17-18(25-15)21(23-11-22-17)26-24-10-13-6-8-16(27-2)20(29-4)19(13)28-3/h5-11,25H,1-4H3,(H,22,23,26)/b24-10+. The highest BCUT2D eigenvalue weighted by Crippen LogP contribution is 2.39. The Kier molecular flexibility index (Phi) is 4.90. The van der Waals surface area contributed by atoms with Gasteiger partial charge in [0.15, 0.2) is 17.3 Å².